The van der Waals surface area contributed by atoms with Crippen LogP contribution in [0.15, 0.2) is 53.8 Å². The van der Waals surface area contributed by atoms with Crippen LogP contribution in [0, 0.1) is 5.92 Å². The highest BCUT2D eigenvalue weighted by molar-refractivity contribution is 6.30. The quantitative estimate of drug-likeness (QED) is 0.756. The average Bonchev–Trinajstić information content (AvgIpc) is 3.21. The lowest BCUT2D eigenvalue weighted by Gasteiger charge is -2.24. The van der Waals surface area contributed by atoms with E-state index < -0.39 is 0 Å². The molecule has 1 aliphatic rings. The van der Waals surface area contributed by atoms with Crippen molar-refractivity contribution in [3.8, 4) is 0 Å². The summed E-state index contributed by atoms with van der Waals surface area (Å²) in [5, 5.41) is 0.635. The number of hydrogen-bond acceptors (Lipinski definition) is 5. The fraction of sp³-hybridized carbons (Fsp3) is 0.286. The van der Waals surface area contributed by atoms with E-state index in [1.165, 1.54) is 0 Å². The molecule has 7 heteroatoms. The van der Waals surface area contributed by atoms with Crippen molar-refractivity contribution >= 4 is 35.1 Å². The Balaban J connectivity index is 1.85. The van der Waals surface area contributed by atoms with Gasteiger partial charge in [-0.2, -0.15) is 0 Å². The first kappa shape index (κ1) is 20.0. The number of pyridine rings is 1. The van der Waals surface area contributed by atoms with Crippen LogP contribution in [0.4, 0.5) is 0 Å². The first-order valence-electron chi connectivity index (χ1n) is 9.06. The van der Waals surface area contributed by atoms with Crippen molar-refractivity contribution in [1.29, 1.82) is 0 Å². The van der Waals surface area contributed by atoms with Crippen LogP contribution in [-0.2, 0) is 9.53 Å². The van der Waals surface area contributed by atoms with E-state index in [0.29, 0.717) is 17.3 Å². The summed E-state index contributed by atoms with van der Waals surface area (Å²) < 4.78 is 5.30. The van der Waals surface area contributed by atoms with Crippen LogP contribution in [0.2, 0.25) is 5.02 Å². The number of carbonyl (C=O) groups excluding carboxylic acids is 1. The van der Waals surface area contributed by atoms with E-state index in [4.69, 9.17) is 22.1 Å². The fourth-order valence-corrected chi connectivity index (χ4v) is 3.17. The van der Waals surface area contributed by atoms with Crippen molar-refractivity contribution in [2.24, 2.45) is 16.6 Å². The number of nitrogens with zero attached hydrogens (tertiary/aromatic N) is 3. The Morgan fingerprint density at radius 2 is 2.00 bits per heavy atom. The Bertz CT molecular complexity index is 860. The lowest BCUT2D eigenvalue weighted by atomic mass is 10.1. The van der Waals surface area contributed by atoms with Crippen molar-refractivity contribution in [2.75, 3.05) is 26.8 Å². The van der Waals surface area contributed by atoms with E-state index >= 15 is 0 Å². The second kappa shape index (κ2) is 9.48. The van der Waals surface area contributed by atoms with Crippen LogP contribution in [0.1, 0.15) is 17.5 Å². The van der Waals surface area contributed by atoms with Gasteiger partial charge in [-0.15, -0.1) is 0 Å². The van der Waals surface area contributed by atoms with Crippen molar-refractivity contribution in [3.05, 3.63) is 64.9 Å². The van der Waals surface area contributed by atoms with Gasteiger partial charge in [-0.3, -0.25) is 9.78 Å². The summed E-state index contributed by atoms with van der Waals surface area (Å²) in [5.74, 6) is -0.0199. The van der Waals surface area contributed by atoms with E-state index in [1.54, 1.807) is 30.7 Å². The van der Waals surface area contributed by atoms with Crippen molar-refractivity contribution in [3.63, 3.8) is 0 Å². The molecule has 1 aliphatic heterocycles. The summed E-state index contributed by atoms with van der Waals surface area (Å²) in [6, 6.07) is 11.0. The number of likely N-dealkylation sites (N-methyl/N-ethyl adjacent to an activating group) is 1. The van der Waals surface area contributed by atoms with Gasteiger partial charge in [0.25, 0.3) is 5.91 Å². The Labute approximate surface area is 169 Å². The molecule has 0 bridgehead atoms. The van der Waals surface area contributed by atoms with Crippen LogP contribution in [0.25, 0.3) is 11.4 Å². The molecule has 146 valence electrons. The predicted molar refractivity (Wildman–Crippen MR) is 112 cm³/mol. The fourth-order valence-electron chi connectivity index (χ4n) is 3.04. The summed E-state index contributed by atoms with van der Waals surface area (Å²) in [4.78, 5) is 22.3. The van der Waals surface area contributed by atoms with E-state index in [1.807, 2.05) is 36.2 Å². The molecule has 2 heterocycles. The smallest absolute Gasteiger partial charge is 0.264 e. The molecule has 0 saturated carbocycles. The van der Waals surface area contributed by atoms with Crippen LogP contribution < -0.4 is 5.73 Å². The Morgan fingerprint density at radius 3 is 2.64 bits per heavy atom. The van der Waals surface area contributed by atoms with E-state index in [9.17, 15) is 4.79 Å². The minimum absolute atomic E-state index is 0.107. The molecule has 0 spiro atoms. The number of hydrogen-bond donors (Lipinski definition) is 1. The standard InChI is InChI=1S/C21H23ClN4O2/c1-26(13-19(27)25-12-15-8-11-28-14-15)21(17-6-9-24-10-7-17)20(23)16-2-4-18(22)5-3-16/h2-7,9-10,12,15H,8,11,13-14,23H2,1H3/b21-20-,25-12-. The molecule has 6 nitrogen and oxygen atoms in total. The highest BCUT2D eigenvalue weighted by Gasteiger charge is 2.17. The number of ether oxygens (including phenoxy) is 1. The SMILES string of the molecule is CN(CC(=O)/N=C\C1CCOC1)/C(=C(\N)c1ccc(Cl)cc1)c1ccncc1. The van der Waals surface area contributed by atoms with Crippen LogP contribution >= 0.6 is 11.6 Å². The monoisotopic (exact) mass is 398 g/mol. The summed E-state index contributed by atoms with van der Waals surface area (Å²) in [6.07, 6.45) is 5.98. The van der Waals surface area contributed by atoms with E-state index in [-0.39, 0.29) is 18.4 Å². The zero-order valence-electron chi connectivity index (χ0n) is 15.7. The van der Waals surface area contributed by atoms with E-state index in [0.717, 1.165) is 29.9 Å². The van der Waals surface area contributed by atoms with Gasteiger partial charge in [0.05, 0.1) is 24.5 Å². The molecule has 1 aromatic heterocycles. The molecule has 0 radical (unpaired) electrons. The molecule has 1 saturated heterocycles. The molecule has 1 unspecified atom stereocenters. The van der Waals surface area contributed by atoms with Gasteiger partial charge in [-0.25, -0.2) is 4.99 Å². The zero-order chi connectivity index (χ0) is 19.9. The molecule has 0 aliphatic carbocycles. The normalized spacial score (nSPS) is 17.6. The van der Waals surface area contributed by atoms with Gasteiger partial charge in [-0.1, -0.05) is 23.7 Å². The topological polar surface area (TPSA) is 80.8 Å². The highest BCUT2D eigenvalue weighted by Crippen LogP contribution is 2.26. The second-order valence-corrected chi connectivity index (χ2v) is 7.09. The number of nitrogens with two attached hydrogens (primary N) is 1. The Morgan fingerprint density at radius 1 is 1.29 bits per heavy atom. The molecule has 1 aromatic carbocycles. The van der Waals surface area contributed by atoms with Gasteiger partial charge in [0.15, 0.2) is 0 Å². The van der Waals surface area contributed by atoms with Crippen LogP contribution in [0.3, 0.4) is 0 Å². The third kappa shape index (κ3) is 5.18. The lowest BCUT2D eigenvalue weighted by molar-refractivity contribution is -0.118. The first-order chi connectivity index (χ1) is 13.5. The average molecular weight is 399 g/mol. The molecule has 1 amide bonds. The maximum absolute atomic E-state index is 12.4. The Kier molecular flexibility index (Phi) is 6.79. The largest absolute Gasteiger partial charge is 0.397 e. The van der Waals surface area contributed by atoms with Gasteiger partial charge in [0.1, 0.15) is 0 Å². The summed E-state index contributed by atoms with van der Waals surface area (Å²) in [7, 11) is 1.82. The number of benzene rings is 1. The molecular weight excluding hydrogens is 376 g/mol. The van der Waals surface area contributed by atoms with Gasteiger partial charge in [-0.05, 0) is 36.2 Å². The maximum Gasteiger partial charge on any atom is 0.264 e. The molecule has 28 heavy (non-hydrogen) atoms. The predicted octanol–water partition coefficient (Wildman–Crippen LogP) is 3.09. The van der Waals surface area contributed by atoms with Gasteiger partial charge < -0.3 is 15.4 Å². The molecule has 2 N–H and O–H groups in total. The molecule has 1 fully saturated rings. The number of amides is 1. The Hall–Kier alpha value is -2.70. The highest BCUT2D eigenvalue weighted by atomic mass is 35.5. The molecule has 1 atom stereocenters. The summed E-state index contributed by atoms with van der Waals surface area (Å²) >= 11 is 5.99. The van der Waals surface area contributed by atoms with Gasteiger partial charge in [0.2, 0.25) is 0 Å². The lowest BCUT2D eigenvalue weighted by Crippen LogP contribution is -2.26. The number of aliphatic imine (C=N–C) groups is 1. The third-order valence-corrected chi connectivity index (χ3v) is 4.76. The first-order valence-corrected chi connectivity index (χ1v) is 9.44. The van der Waals surface area contributed by atoms with Crippen molar-refractivity contribution in [1.82, 2.24) is 9.88 Å². The third-order valence-electron chi connectivity index (χ3n) is 4.51. The maximum atomic E-state index is 12.4. The number of aromatic nitrogens is 1. The van der Waals surface area contributed by atoms with Gasteiger partial charge >= 0.3 is 0 Å². The number of carbonyl (C=O) groups is 1. The molecular formula is C21H23ClN4O2. The van der Waals surface area contributed by atoms with E-state index in [2.05, 4.69) is 9.98 Å². The minimum Gasteiger partial charge on any atom is -0.397 e. The van der Waals surface area contributed by atoms with Crippen LogP contribution in [-0.4, -0.2) is 48.8 Å². The van der Waals surface area contributed by atoms with Gasteiger partial charge in [0, 0.05) is 48.8 Å². The van der Waals surface area contributed by atoms with Crippen LogP contribution in [0.5, 0.6) is 0 Å². The summed E-state index contributed by atoms with van der Waals surface area (Å²) in [5.41, 5.74) is 9.45. The number of halogens is 1. The minimum atomic E-state index is -0.232. The van der Waals surface area contributed by atoms with Crippen molar-refractivity contribution in [2.45, 2.75) is 6.42 Å². The molecule has 3 rings (SSSR count). The summed E-state index contributed by atoms with van der Waals surface area (Å²) in [6.45, 7) is 1.45. The van der Waals surface area contributed by atoms with Crippen molar-refractivity contribution < 1.29 is 9.53 Å². The molecule has 2 aromatic rings. The second-order valence-electron chi connectivity index (χ2n) is 6.66. The number of rotatable bonds is 6. The zero-order valence-corrected chi connectivity index (χ0v) is 16.5.